The van der Waals surface area contributed by atoms with Crippen molar-refractivity contribution in [1.82, 2.24) is 15.3 Å². The number of nitrogens with one attached hydrogen (secondary N) is 2. The molecule has 2 rings (SSSR count). The van der Waals surface area contributed by atoms with Crippen LogP contribution >= 0.6 is 11.6 Å². The van der Waals surface area contributed by atoms with E-state index in [4.69, 9.17) is 11.6 Å². The third kappa shape index (κ3) is 1.94. The van der Waals surface area contributed by atoms with E-state index in [0.717, 1.165) is 16.9 Å². The maximum atomic E-state index is 10.3. The second-order valence-electron chi connectivity index (χ2n) is 3.29. The van der Waals surface area contributed by atoms with E-state index in [9.17, 15) is 4.79 Å². The topological polar surface area (TPSA) is 57.8 Å². The van der Waals surface area contributed by atoms with Gasteiger partial charge in [0.05, 0.1) is 17.1 Å². The van der Waals surface area contributed by atoms with Gasteiger partial charge in [0.1, 0.15) is 5.82 Å². The summed E-state index contributed by atoms with van der Waals surface area (Å²) in [6.45, 7) is 1.85. The summed E-state index contributed by atoms with van der Waals surface area (Å²) in [4.78, 5) is 17.7. The van der Waals surface area contributed by atoms with Gasteiger partial charge in [-0.05, 0) is 25.1 Å². The lowest BCUT2D eigenvalue weighted by molar-refractivity contribution is -0.110. The van der Waals surface area contributed by atoms with Crippen LogP contribution in [0.25, 0.3) is 11.0 Å². The minimum absolute atomic E-state index is 0.131. The van der Waals surface area contributed by atoms with Crippen LogP contribution in [0.2, 0.25) is 5.02 Å². The minimum atomic E-state index is -0.131. The van der Waals surface area contributed by atoms with Crippen molar-refractivity contribution in [3.8, 4) is 0 Å². The summed E-state index contributed by atoms with van der Waals surface area (Å²) in [6.07, 6.45) is 0.658. The van der Waals surface area contributed by atoms with Crippen molar-refractivity contribution in [3.05, 3.63) is 29.0 Å². The number of nitrogens with zero attached hydrogens (tertiary/aromatic N) is 1. The van der Waals surface area contributed by atoms with E-state index in [1.54, 1.807) is 12.1 Å². The van der Waals surface area contributed by atoms with E-state index < -0.39 is 0 Å². The molecule has 0 aliphatic carbocycles. The van der Waals surface area contributed by atoms with Crippen molar-refractivity contribution in [2.45, 2.75) is 13.0 Å². The zero-order valence-corrected chi connectivity index (χ0v) is 8.88. The Morgan fingerprint density at radius 1 is 1.60 bits per heavy atom. The average Bonchev–Trinajstić information content (AvgIpc) is 2.60. The van der Waals surface area contributed by atoms with E-state index in [-0.39, 0.29) is 6.04 Å². The molecule has 5 heteroatoms. The molecule has 2 N–H and O–H groups in total. The average molecular weight is 224 g/mol. The van der Waals surface area contributed by atoms with Crippen LogP contribution in [0.4, 0.5) is 0 Å². The van der Waals surface area contributed by atoms with Gasteiger partial charge < -0.3 is 10.3 Å². The summed E-state index contributed by atoms with van der Waals surface area (Å²) >= 11 is 5.85. The van der Waals surface area contributed by atoms with E-state index in [0.29, 0.717) is 11.4 Å². The highest BCUT2D eigenvalue weighted by atomic mass is 35.5. The second-order valence-corrected chi connectivity index (χ2v) is 3.73. The smallest absolute Gasteiger partial charge is 0.207 e. The summed E-state index contributed by atoms with van der Waals surface area (Å²) in [6, 6.07) is 5.30. The number of rotatable bonds is 3. The van der Waals surface area contributed by atoms with Gasteiger partial charge in [0.2, 0.25) is 6.41 Å². The molecule has 1 unspecified atom stereocenters. The standard InChI is InChI=1S/C10H10ClN3O/c1-6(12-5-15)10-13-8-3-2-7(11)4-9(8)14-10/h2-6H,1H3,(H,12,15)(H,13,14). The highest BCUT2D eigenvalue weighted by Crippen LogP contribution is 2.19. The molecule has 15 heavy (non-hydrogen) atoms. The van der Waals surface area contributed by atoms with Gasteiger partial charge in [0, 0.05) is 5.02 Å². The van der Waals surface area contributed by atoms with Crippen LogP contribution in [0.1, 0.15) is 18.8 Å². The van der Waals surface area contributed by atoms with E-state index in [1.165, 1.54) is 0 Å². The van der Waals surface area contributed by atoms with Crippen LogP contribution in [-0.4, -0.2) is 16.4 Å². The molecule has 0 fully saturated rings. The summed E-state index contributed by atoms with van der Waals surface area (Å²) in [5.74, 6) is 0.722. The number of carbonyl (C=O) groups excluding carboxylic acids is 1. The number of aromatic amines is 1. The molecular formula is C10H10ClN3O. The number of benzene rings is 1. The quantitative estimate of drug-likeness (QED) is 0.783. The molecule has 2 aromatic rings. The van der Waals surface area contributed by atoms with Crippen LogP contribution in [0.15, 0.2) is 18.2 Å². The fourth-order valence-electron chi connectivity index (χ4n) is 1.39. The molecule has 0 bridgehead atoms. The van der Waals surface area contributed by atoms with Gasteiger partial charge >= 0.3 is 0 Å². The van der Waals surface area contributed by atoms with Gasteiger partial charge in [-0.1, -0.05) is 11.6 Å². The van der Waals surface area contributed by atoms with Crippen molar-refractivity contribution in [1.29, 1.82) is 0 Å². The predicted octanol–water partition coefficient (Wildman–Crippen LogP) is 2.02. The van der Waals surface area contributed by atoms with E-state index in [2.05, 4.69) is 15.3 Å². The van der Waals surface area contributed by atoms with Crippen molar-refractivity contribution < 1.29 is 4.79 Å². The SMILES string of the molecule is CC(NC=O)c1nc2ccc(Cl)cc2[nH]1. The number of fused-ring (bicyclic) bond motifs is 1. The molecule has 1 atom stereocenters. The predicted molar refractivity (Wildman–Crippen MR) is 58.7 cm³/mol. The normalized spacial score (nSPS) is 12.7. The Bertz CT molecular complexity index is 494. The number of imidazole rings is 1. The van der Waals surface area contributed by atoms with Crippen LogP contribution in [0.5, 0.6) is 0 Å². The van der Waals surface area contributed by atoms with Crippen molar-refractivity contribution in [3.63, 3.8) is 0 Å². The summed E-state index contributed by atoms with van der Waals surface area (Å²) in [5, 5.41) is 3.29. The minimum Gasteiger partial charge on any atom is -0.349 e. The first-order valence-corrected chi connectivity index (χ1v) is 4.93. The summed E-state index contributed by atoms with van der Waals surface area (Å²) in [5.41, 5.74) is 1.71. The lowest BCUT2D eigenvalue weighted by Crippen LogP contribution is -2.17. The van der Waals surface area contributed by atoms with Crippen LogP contribution in [-0.2, 0) is 4.79 Å². The van der Waals surface area contributed by atoms with Gasteiger partial charge in [-0.3, -0.25) is 4.79 Å². The molecule has 4 nitrogen and oxygen atoms in total. The summed E-state index contributed by atoms with van der Waals surface area (Å²) in [7, 11) is 0. The lowest BCUT2D eigenvalue weighted by Gasteiger charge is -2.04. The van der Waals surface area contributed by atoms with Gasteiger partial charge in [-0.15, -0.1) is 0 Å². The first-order valence-electron chi connectivity index (χ1n) is 4.55. The zero-order valence-electron chi connectivity index (χ0n) is 8.12. The number of halogens is 1. The molecule has 0 radical (unpaired) electrons. The molecule has 0 aliphatic heterocycles. The Hall–Kier alpha value is -1.55. The van der Waals surface area contributed by atoms with Crippen molar-refractivity contribution in [2.24, 2.45) is 0 Å². The fraction of sp³-hybridized carbons (Fsp3) is 0.200. The Labute approximate surface area is 91.7 Å². The molecule has 0 saturated carbocycles. The number of H-pyrrole nitrogens is 1. The molecule has 1 heterocycles. The molecule has 1 amide bonds. The number of aromatic nitrogens is 2. The third-order valence-electron chi connectivity index (χ3n) is 2.19. The van der Waals surface area contributed by atoms with E-state index >= 15 is 0 Å². The Morgan fingerprint density at radius 3 is 3.13 bits per heavy atom. The molecule has 78 valence electrons. The largest absolute Gasteiger partial charge is 0.349 e. The first kappa shape index (κ1) is 9.98. The Balaban J connectivity index is 2.42. The number of hydrogen-bond acceptors (Lipinski definition) is 2. The maximum Gasteiger partial charge on any atom is 0.207 e. The number of carbonyl (C=O) groups is 1. The molecule has 0 saturated heterocycles. The monoisotopic (exact) mass is 223 g/mol. The first-order chi connectivity index (χ1) is 7.20. The zero-order chi connectivity index (χ0) is 10.8. The van der Waals surface area contributed by atoms with Gasteiger partial charge in [0.15, 0.2) is 0 Å². The molecule has 0 spiro atoms. The Kier molecular flexibility index (Phi) is 2.60. The fourth-order valence-corrected chi connectivity index (χ4v) is 1.56. The van der Waals surface area contributed by atoms with E-state index in [1.807, 2.05) is 13.0 Å². The van der Waals surface area contributed by atoms with Crippen LogP contribution in [0.3, 0.4) is 0 Å². The van der Waals surface area contributed by atoms with Crippen molar-refractivity contribution >= 4 is 29.0 Å². The van der Waals surface area contributed by atoms with Gasteiger partial charge in [0.25, 0.3) is 0 Å². The van der Waals surface area contributed by atoms with Crippen LogP contribution in [0, 0.1) is 0 Å². The molecule has 1 aromatic heterocycles. The number of hydrogen-bond donors (Lipinski definition) is 2. The third-order valence-corrected chi connectivity index (χ3v) is 2.43. The highest BCUT2D eigenvalue weighted by molar-refractivity contribution is 6.31. The van der Waals surface area contributed by atoms with Crippen molar-refractivity contribution in [2.75, 3.05) is 0 Å². The highest BCUT2D eigenvalue weighted by Gasteiger charge is 2.09. The second kappa shape index (κ2) is 3.90. The molecular weight excluding hydrogens is 214 g/mol. The van der Waals surface area contributed by atoms with Gasteiger partial charge in [-0.25, -0.2) is 4.98 Å². The maximum absolute atomic E-state index is 10.3. The summed E-state index contributed by atoms with van der Waals surface area (Å²) < 4.78 is 0. The van der Waals surface area contributed by atoms with Gasteiger partial charge in [-0.2, -0.15) is 0 Å². The lowest BCUT2D eigenvalue weighted by atomic mass is 10.3. The molecule has 0 aliphatic rings. The molecule has 1 aromatic carbocycles. The number of amides is 1. The van der Waals surface area contributed by atoms with Crippen LogP contribution < -0.4 is 5.32 Å². The Morgan fingerprint density at radius 2 is 2.40 bits per heavy atom.